The van der Waals surface area contributed by atoms with E-state index in [-0.39, 0.29) is 11.4 Å². The zero-order chi connectivity index (χ0) is 23.5. The van der Waals surface area contributed by atoms with Crippen LogP contribution in [0.3, 0.4) is 0 Å². The molecular formula is C24H21ClN6O2. The topological polar surface area (TPSA) is 119 Å². The monoisotopic (exact) mass is 460 g/mol. The molecule has 0 bridgehead atoms. The Bertz CT molecular complexity index is 1440. The largest absolute Gasteiger partial charge is 0.382 e. The van der Waals surface area contributed by atoms with E-state index in [0.717, 1.165) is 0 Å². The van der Waals surface area contributed by atoms with Crippen molar-refractivity contribution in [2.75, 3.05) is 11.1 Å². The van der Waals surface area contributed by atoms with Gasteiger partial charge < -0.3 is 16.2 Å². The van der Waals surface area contributed by atoms with Crippen LogP contribution in [-0.2, 0) is 0 Å². The molecule has 0 saturated heterocycles. The second-order valence-electron chi connectivity index (χ2n) is 7.37. The molecule has 0 aliphatic heterocycles. The number of nitrogens with zero attached hydrogens (tertiary/aromatic N) is 4. The van der Waals surface area contributed by atoms with Gasteiger partial charge in [-0.2, -0.15) is 0 Å². The molecule has 33 heavy (non-hydrogen) atoms. The molecule has 4 rings (SSSR count). The molecule has 166 valence electrons. The minimum Gasteiger partial charge on any atom is -0.382 e. The number of nitrogen functional groups attached to an aromatic ring is 1. The first-order valence-corrected chi connectivity index (χ1v) is 10.6. The van der Waals surface area contributed by atoms with Gasteiger partial charge in [0.2, 0.25) is 0 Å². The minimum absolute atomic E-state index is 0.173. The SMILES string of the molecule is C[C@H](Nc1ncnc(N)c1C#C[C@@H](C)O)c1nc2cccc(Cl)c2c(=O)n1-c1ccccc1. The first-order chi connectivity index (χ1) is 15.9. The molecule has 0 radical (unpaired) electrons. The quantitative estimate of drug-likeness (QED) is 0.400. The third-order valence-corrected chi connectivity index (χ3v) is 5.23. The Kier molecular flexibility index (Phi) is 6.27. The summed E-state index contributed by atoms with van der Waals surface area (Å²) in [6.45, 7) is 3.40. The van der Waals surface area contributed by atoms with Crippen LogP contribution in [0.25, 0.3) is 16.6 Å². The summed E-state index contributed by atoms with van der Waals surface area (Å²) in [5.74, 6) is 6.45. The molecule has 0 unspecified atom stereocenters. The van der Waals surface area contributed by atoms with E-state index in [4.69, 9.17) is 22.3 Å². The molecule has 4 aromatic rings. The van der Waals surface area contributed by atoms with Crippen LogP contribution in [0.4, 0.5) is 11.6 Å². The fourth-order valence-electron chi connectivity index (χ4n) is 3.40. The molecule has 4 N–H and O–H groups in total. The van der Waals surface area contributed by atoms with Crippen LogP contribution in [-0.4, -0.2) is 30.7 Å². The predicted octanol–water partition coefficient (Wildman–Crippen LogP) is 3.32. The van der Waals surface area contributed by atoms with E-state index in [2.05, 4.69) is 27.1 Å². The maximum absolute atomic E-state index is 13.5. The van der Waals surface area contributed by atoms with E-state index in [1.54, 1.807) is 25.1 Å². The molecule has 8 nitrogen and oxygen atoms in total. The number of para-hydroxylation sites is 1. The Morgan fingerprint density at radius 1 is 1.12 bits per heavy atom. The first-order valence-electron chi connectivity index (χ1n) is 10.2. The zero-order valence-corrected chi connectivity index (χ0v) is 18.7. The molecule has 0 spiro atoms. The summed E-state index contributed by atoms with van der Waals surface area (Å²) < 4.78 is 1.53. The molecule has 2 aromatic heterocycles. The Balaban J connectivity index is 1.88. The number of hydrogen-bond donors (Lipinski definition) is 3. The van der Waals surface area contributed by atoms with Crippen molar-refractivity contribution in [2.45, 2.75) is 26.0 Å². The van der Waals surface area contributed by atoms with Crippen LogP contribution in [0.2, 0.25) is 5.02 Å². The zero-order valence-electron chi connectivity index (χ0n) is 18.0. The smallest absolute Gasteiger partial charge is 0.267 e. The van der Waals surface area contributed by atoms with Gasteiger partial charge in [-0.3, -0.25) is 9.36 Å². The van der Waals surface area contributed by atoms with Crippen molar-refractivity contribution in [2.24, 2.45) is 0 Å². The van der Waals surface area contributed by atoms with Crippen LogP contribution in [0, 0.1) is 11.8 Å². The van der Waals surface area contributed by atoms with Crippen molar-refractivity contribution in [3.63, 3.8) is 0 Å². The van der Waals surface area contributed by atoms with Gasteiger partial charge in [-0.05, 0) is 38.1 Å². The number of aliphatic hydroxyl groups is 1. The van der Waals surface area contributed by atoms with E-state index in [1.807, 2.05) is 37.3 Å². The molecule has 0 aliphatic carbocycles. The fraction of sp³-hybridized carbons (Fsp3) is 0.167. The maximum Gasteiger partial charge on any atom is 0.267 e. The van der Waals surface area contributed by atoms with Gasteiger partial charge in [0.1, 0.15) is 35.5 Å². The number of fused-ring (bicyclic) bond motifs is 1. The molecule has 0 fully saturated rings. The third-order valence-electron chi connectivity index (χ3n) is 4.91. The number of nitrogens with one attached hydrogen (secondary N) is 1. The number of rotatable bonds is 4. The standard InChI is InChI=1S/C24H21ClN6O2/c1-14(32)11-12-17-21(26)27-13-28-22(17)29-15(2)23-30-19-10-6-9-18(25)20(19)24(33)31(23)16-7-4-3-5-8-16/h3-10,13-15,32H,1-2H3,(H3,26,27,28,29)/t14-,15+/m1/s1. The summed E-state index contributed by atoms with van der Waals surface area (Å²) in [5.41, 5.74) is 7.20. The van der Waals surface area contributed by atoms with E-state index in [0.29, 0.717) is 38.8 Å². The van der Waals surface area contributed by atoms with Gasteiger partial charge in [-0.25, -0.2) is 15.0 Å². The lowest BCUT2D eigenvalue weighted by Gasteiger charge is -2.21. The highest BCUT2D eigenvalue weighted by Gasteiger charge is 2.21. The predicted molar refractivity (Wildman–Crippen MR) is 129 cm³/mol. The van der Waals surface area contributed by atoms with Gasteiger partial charge in [-0.1, -0.05) is 47.7 Å². The molecule has 2 atom stereocenters. The summed E-state index contributed by atoms with van der Waals surface area (Å²) in [6.07, 6.45) is 0.473. The van der Waals surface area contributed by atoms with Crippen LogP contribution < -0.4 is 16.6 Å². The Hall–Kier alpha value is -3.93. The Morgan fingerprint density at radius 2 is 1.88 bits per heavy atom. The van der Waals surface area contributed by atoms with Gasteiger partial charge in [0.05, 0.1) is 27.7 Å². The molecule has 2 heterocycles. The summed E-state index contributed by atoms with van der Waals surface area (Å²) in [7, 11) is 0. The highest BCUT2D eigenvalue weighted by molar-refractivity contribution is 6.35. The van der Waals surface area contributed by atoms with Crippen LogP contribution in [0.15, 0.2) is 59.7 Å². The van der Waals surface area contributed by atoms with Gasteiger partial charge in [0.25, 0.3) is 5.56 Å². The average Bonchev–Trinajstić information content (AvgIpc) is 2.79. The highest BCUT2D eigenvalue weighted by Crippen LogP contribution is 2.26. The van der Waals surface area contributed by atoms with Gasteiger partial charge >= 0.3 is 0 Å². The fourth-order valence-corrected chi connectivity index (χ4v) is 3.65. The number of aromatic nitrogens is 4. The number of hydrogen-bond acceptors (Lipinski definition) is 7. The number of anilines is 2. The third kappa shape index (κ3) is 4.51. The van der Waals surface area contributed by atoms with E-state index >= 15 is 0 Å². The van der Waals surface area contributed by atoms with Crippen molar-refractivity contribution in [3.8, 4) is 17.5 Å². The summed E-state index contributed by atoms with van der Waals surface area (Å²) in [5, 5.41) is 13.5. The van der Waals surface area contributed by atoms with Crippen LogP contribution in [0.5, 0.6) is 0 Å². The molecule has 0 amide bonds. The van der Waals surface area contributed by atoms with Crippen molar-refractivity contribution in [1.82, 2.24) is 19.5 Å². The second-order valence-corrected chi connectivity index (χ2v) is 7.78. The summed E-state index contributed by atoms with van der Waals surface area (Å²) in [4.78, 5) is 26.5. The number of nitrogens with two attached hydrogens (primary N) is 1. The average molecular weight is 461 g/mol. The van der Waals surface area contributed by atoms with Crippen molar-refractivity contribution < 1.29 is 5.11 Å². The summed E-state index contributed by atoms with van der Waals surface area (Å²) in [6, 6.07) is 13.9. The van der Waals surface area contributed by atoms with E-state index in [9.17, 15) is 9.90 Å². The first kappa shape index (κ1) is 22.3. The van der Waals surface area contributed by atoms with Gasteiger partial charge in [0.15, 0.2) is 0 Å². The maximum atomic E-state index is 13.5. The Morgan fingerprint density at radius 3 is 2.61 bits per heavy atom. The number of benzene rings is 2. The lowest BCUT2D eigenvalue weighted by atomic mass is 10.2. The second kappa shape index (κ2) is 9.28. The molecule has 9 heteroatoms. The van der Waals surface area contributed by atoms with E-state index in [1.165, 1.54) is 10.9 Å². The molecule has 0 aliphatic rings. The molecule has 2 aromatic carbocycles. The normalized spacial score (nSPS) is 12.6. The van der Waals surface area contributed by atoms with Crippen molar-refractivity contribution in [1.29, 1.82) is 0 Å². The highest BCUT2D eigenvalue weighted by atomic mass is 35.5. The van der Waals surface area contributed by atoms with Gasteiger partial charge in [-0.15, -0.1) is 0 Å². The van der Waals surface area contributed by atoms with Crippen molar-refractivity contribution >= 4 is 34.1 Å². The molecule has 0 saturated carbocycles. The minimum atomic E-state index is -0.843. The summed E-state index contributed by atoms with van der Waals surface area (Å²) >= 11 is 6.35. The lowest BCUT2D eigenvalue weighted by Crippen LogP contribution is -2.27. The Labute approximate surface area is 195 Å². The van der Waals surface area contributed by atoms with Crippen LogP contribution >= 0.6 is 11.6 Å². The number of aliphatic hydroxyl groups excluding tert-OH is 1. The number of halogens is 1. The van der Waals surface area contributed by atoms with Crippen molar-refractivity contribution in [3.05, 3.63) is 81.6 Å². The van der Waals surface area contributed by atoms with E-state index < -0.39 is 12.1 Å². The van der Waals surface area contributed by atoms with Gasteiger partial charge in [0, 0.05) is 0 Å². The molecular weight excluding hydrogens is 440 g/mol. The lowest BCUT2D eigenvalue weighted by molar-refractivity contribution is 0.253. The van der Waals surface area contributed by atoms with Crippen LogP contribution in [0.1, 0.15) is 31.3 Å².